The largest absolute Gasteiger partial charge is 0.383 e. The lowest BCUT2D eigenvalue weighted by Crippen LogP contribution is -2.50. The van der Waals surface area contributed by atoms with Crippen LogP contribution in [0, 0.1) is 0 Å². The van der Waals surface area contributed by atoms with Gasteiger partial charge in [-0.25, -0.2) is 0 Å². The lowest BCUT2D eigenvalue weighted by atomic mass is 10.2. The molecule has 1 fully saturated rings. The van der Waals surface area contributed by atoms with Crippen LogP contribution < -0.4 is 5.32 Å². The molecule has 5 nitrogen and oxygen atoms in total. The second-order valence-corrected chi connectivity index (χ2v) is 6.03. The Morgan fingerprint density at radius 3 is 2.41 bits per heavy atom. The van der Waals surface area contributed by atoms with Crippen LogP contribution in [0.15, 0.2) is 18.2 Å². The summed E-state index contributed by atoms with van der Waals surface area (Å²) in [5.41, 5.74) is 0.725. The molecule has 0 unspecified atom stereocenters. The Hall–Kier alpha value is -1.46. The van der Waals surface area contributed by atoms with E-state index < -0.39 is 0 Å². The standard InChI is InChI=1S/C15H19Cl2N3O2/c1-11(21)19-6-8-20(9-7-19)15(22)4-5-18-14-10-12(16)2-3-13(14)17/h2-3,10,18H,4-9H2,1H3. The second-order valence-electron chi connectivity index (χ2n) is 5.19. The van der Waals surface area contributed by atoms with E-state index in [4.69, 9.17) is 23.2 Å². The van der Waals surface area contributed by atoms with Gasteiger partial charge in [-0.05, 0) is 18.2 Å². The first kappa shape index (κ1) is 16.9. The first-order chi connectivity index (χ1) is 10.5. The van der Waals surface area contributed by atoms with Crippen molar-refractivity contribution < 1.29 is 9.59 Å². The summed E-state index contributed by atoms with van der Waals surface area (Å²) >= 11 is 12.0. The van der Waals surface area contributed by atoms with E-state index in [0.29, 0.717) is 49.2 Å². The highest BCUT2D eigenvalue weighted by atomic mass is 35.5. The van der Waals surface area contributed by atoms with E-state index in [2.05, 4.69) is 5.32 Å². The van der Waals surface area contributed by atoms with Crippen molar-refractivity contribution in [3.63, 3.8) is 0 Å². The summed E-state index contributed by atoms with van der Waals surface area (Å²) in [4.78, 5) is 26.9. The zero-order valence-corrected chi connectivity index (χ0v) is 14.0. The number of nitrogens with one attached hydrogen (secondary N) is 1. The fourth-order valence-electron chi connectivity index (χ4n) is 2.37. The van der Waals surface area contributed by atoms with E-state index in [-0.39, 0.29) is 11.8 Å². The Morgan fingerprint density at radius 2 is 1.77 bits per heavy atom. The number of hydrogen-bond donors (Lipinski definition) is 1. The number of hydrogen-bond acceptors (Lipinski definition) is 3. The molecule has 1 saturated heterocycles. The molecule has 1 aliphatic heterocycles. The summed E-state index contributed by atoms with van der Waals surface area (Å²) in [6.07, 6.45) is 0.378. The van der Waals surface area contributed by atoms with Crippen LogP contribution in [-0.4, -0.2) is 54.3 Å². The van der Waals surface area contributed by atoms with Gasteiger partial charge in [0.2, 0.25) is 11.8 Å². The van der Waals surface area contributed by atoms with Crippen LogP contribution >= 0.6 is 23.2 Å². The predicted octanol–water partition coefficient (Wildman–Crippen LogP) is 2.49. The van der Waals surface area contributed by atoms with Crippen molar-refractivity contribution >= 4 is 40.7 Å². The molecule has 0 aliphatic carbocycles. The van der Waals surface area contributed by atoms with Crippen molar-refractivity contribution in [3.8, 4) is 0 Å². The molecule has 1 aromatic carbocycles. The topological polar surface area (TPSA) is 52.7 Å². The van der Waals surface area contributed by atoms with Gasteiger partial charge in [0.15, 0.2) is 0 Å². The highest BCUT2D eigenvalue weighted by Gasteiger charge is 2.21. The molecule has 22 heavy (non-hydrogen) atoms. The molecule has 1 N–H and O–H groups in total. The van der Waals surface area contributed by atoms with Crippen molar-refractivity contribution in [2.24, 2.45) is 0 Å². The third-order valence-corrected chi connectivity index (χ3v) is 4.23. The highest BCUT2D eigenvalue weighted by Crippen LogP contribution is 2.25. The zero-order chi connectivity index (χ0) is 16.1. The number of nitrogens with zero attached hydrogens (tertiary/aromatic N) is 2. The summed E-state index contributed by atoms with van der Waals surface area (Å²) in [5, 5.41) is 4.29. The van der Waals surface area contributed by atoms with E-state index >= 15 is 0 Å². The minimum absolute atomic E-state index is 0.0596. The van der Waals surface area contributed by atoms with Crippen molar-refractivity contribution in [1.29, 1.82) is 0 Å². The van der Waals surface area contributed by atoms with Gasteiger partial charge in [0, 0.05) is 51.1 Å². The van der Waals surface area contributed by atoms with Crippen LogP contribution in [0.5, 0.6) is 0 Å². The molecule has 0 bridgehead atoms. The molecule has 1 aliphatic rings. The first-order valence-electron chi connectivity index (χ1n) is 7.19. The molecule has 1 aromatic rings. The molecule has 0 aromatic heterocycles. The molecule has 7 heteroatoms. The molecule has 0 spiro atoms. The number of piperazine rings is 1. The number of amides is 2. The Labute approximate surface area is 140 Å². The van der Waals surface area contributed by atoms with Crippen LogP contribution in [0.2, 0.25) is 10.0 Å². The average molecular weight is 344 g/mol. The number of rotatable bonds is 4. The van der Waals surface area contributed by atoms with Crippen molar-refractivity contribution in [2.75, 3.05) is 38.0 Å². The number of carbonyl (C=O) groups excluding carboxylic acids is 2. The van der Waals surface area contributed by atoms with E-state index in [1.165, 1.54) is 0 Å². The van der Waals surface area contributed by atoms with Crippen molar-refractivity contribution in [1.82, 2.24) is 9.80 Å². The number of carbonyl (C=O) groups is 2. The van der Waals surface area contributed by atoms with E-state index in [1.807, 2.05) is 0 Å². The Bertz CT molecular complexity index is 558. The normalized spacial score (nSPS) is 14.9. The minimum Gasteiger partial charge on any atom is -0.383 e. The number of anilines is 1. The van der Waals surface area contributed by atoms with Gasteiger partial charge in [0.1, 0.15) is 0 Å². The van der Waals surface area contributed by atoms with Gasteiger partial charge in [-0.15, -0.1) is 0 Å². The molecule has 120 valence electrons. The van der Waals surface area contributed by atoms with Crippen LogP contribution in [0.3, 0.4) is 0 Å². The maximum Gasteiger partial charge on any atom is 0.224 e. The molecular formula is C15H19Cl2N3O2. The molecule has 1 heterocycles. The smallest absolute Gasteiger partial charge is 0.224 e. The predicted molar refractivity (Wildman–Crippen MR) is 88.4 cm³/mol. The minimum atomic E-state index is 0.0596. The summed E-state index contributed by atoms with van der Waals surface area (Å²) in [5.74, 6) is 0.137. The summed E-state index contributed by atoms with van der Waals surface area (Å²) in [7, 11) is 0. The van der Waals surface area contributed by atoms with Gasteiger partial charge < -0.3 is 15.1 Å². The Kier molecular flexibility index (Phi) is 5.91. The fourth-order valence-corrected chi connectivity index (χ4v) is 2.72. The Balaban J connectivity index is 1.76. The summed E-state index contributed by atoms with van der Waals surface area (Å²) < 4.78 is 0. The highest BCUT2D eigenvalue weighted by molar-refractivity contribution is 6.35. The van der Waals surface area contributed by atoms with E-state index in [0.717, 1.165) is 5.69 Å². The summed E-state index contributed by atoms with van der Waals surface area (Å²) in [6.45, 7) is 4.44. The quantitative estimate of drug-likeness (QED) is 0.913. The van der Waals surface area contributed by atoms with Crippen LogP contribution in [-0.2, 0) is 9.59 Å². The summed E-state index contributed by atoms with van der Waals surface area (Å²) in [6, 6.07) is 5.17. The Morgan fingerprint density at radius 1 is 1.14 bits per heavy atom. The van der Waals surface area contributed by atoms with Crippen molar-refractivity contribution in [3.05, 3.63) is 28.2 Å². The maximum atomic E-state index is 12.1. The van der Waals surface area contributed by atoms with E-state index in [9.17, 15) is 9.59 Å². The third kappa shape index (κ3) is 4.52. The zero-order valence-electron chi connectivity index (χ0n) is 12.4. The maximum absolute atomic E-state index is 12.1. The molecule has 2 amide bonds. The van der Waals surface area contributed by atoms with E-state index in [1.54, 1.807) is 34.9 Å². The molecular weight excluding hydrogens is 325 g/mol. The third-order valence-electron chi connectivity index (χ3n) is 3.66. The number of halogens is 2. The van der Waals surface area contributed by atoms with Crippen LogP contribution in [0.4, 0.5) is 5.69 Å². The van der Waals surface area contributed by atoms with Gasteiger partial charge in [0.25, 0.3) is 0 Å². The molecule has 0 radical (unpaired) electrons. The van der Waals surface area contributed by atoms with Gasteiger partial charge in [-0.3, -0.25) is 9.59 Å². The van der Waals surface area contributed by atoms with Crippen LogP contribution in [0.1, 0.15) is 13.3 Å². The van der Waals surface area contributed by atoms with Crippen molar-refractivity contribution in [2.45, 2.75) is 13.3 Å². The lowest BCUT2D eigenvalue weighted by molar-refractivity contribution is -0.138. The average Bonchev–Trinajstić information content (AvgIpc) is 2.50. The number of benzene rings is 1. The molecule has 0 saturated carbocycles. The van der Waals surface area contributed by atoms with Gasteiger partial charge in [0.05, 0.1) is 10.7 Å². The van der Waals surface area contributed by atoms with Gasteiger partial charge >= 0.3 is 0 Å². The van der Waals surface area contributed by atoms with Gasteiger partial charge in [-0.2, -0.15) is 0 Å². The fraction of sp³-hybridized carbons (Fsp3) is 0.467. The van der Waals surface area contributed by atoms with Gasteiger partial charge in [-0.1, -0.05) is 23.2 Å². The lowest BCUT2D eigenvalue weighted by Gasteiger charge is -2.34. The first-order valence-corrected chi connectivity index (χ1v) is 7.95. The monoisotopic (exact) mass is 343 g/mol. The van der Waals surface area contributed by atoms with Crippen LogP contribution in [0.25, 0.3) is 0 Å². The molecule has 0 atom stereocenters. The SMILES string of the molecule is CC(=O)N1CCN(C(=O)CCNc2cc(Cl)ccc2Cl)CC1. The second kappa shape index (κ2) is 7.70. The molecule has 2 rings (SSSR count).